The van der Waals surface area contributed by atoms with Gasteiger partial charge in [-0.25, -0.2) is 0 Å². The van der Waals surface area contributed by atoms with Crippen molar-refractivity contribution >= 4 is 5.91 Å². The molecular formula is C9H17NO4. The van der Waals surface area contributed by atoms with Crippen LogP contribution in [0.15, 0.2) is 0 Å². The minimum absolute atomic E-state index is 0.104. The minimum Gasteiger partial charge on any atom is -0.386 e. The Morgan fingerprint density at radius 3 is 3.07 bits per heavy atom. The predicted molar refractivity (Wildman–Crippen MR) is 49.9 cm³/mol. The van der Waals surface area contributed by atoms with Crippen molar-refractivity contribution < 1.29 is 19.4 Å². The fourth-order valence-electron chi connectivity index (χ4n) is 1.28. The van der Waals surface area contributed by atoms with Crippen LogP contribution in [0, 0.1) is 0 Å². The molecule has 1 aliphatic rings. The van der Waals surface area contributed by atoms with Crippen LogP contribution in [0.1, 0.15) is 12.8 Å². The normalized spacial score (nSPS) is 26.4. The van der Waals surface area contributed by atoms with E-state index in [4.69, 9.17) is 9.47 Å². The molecule has 1 rings (SSSR count). The maximum Gasteiger partial charge on any atom is 0.222 e. The maximum absolute atomic E-state index is 11.2. The highest BCUT2D eigenvalue weighted by molar-refractivity contribution is 5.76. The summed E-state index contributed by atoms with van der Waals surface area (Å²) in [5.41, 5.74) is -0.872. The zero-order valence-electron chi connectivity index (χ0n) is 8.41. The Bertz CT molecular complexity index is 189. The fraction of sp³-hybridized carbons (Fsp3) is 0.889. The molecule has 0 aliphatic carbocycles. The second-order valence-corrected chi connectivity index (χ2v) is 3.55. The third-order valence-electron chi connectivity index (χ3n) is 2.23. The van der Waals surface area contributed by atoms with Gasteiger partial charge < -0.3 is 19.9 Å². The van der Waals surface area contributed by atoms with Gasteiger partial charge in [0.05, 0.1) is 13.2 Å². The maximum atomic E-state index is 11.2. The van der Waals surface area contributed by atoms with Crippen LogP contribution >= 0.6 is 0 Å². The van der Waals surface area contributed by atoms with Gasteiger partial charge in [0.1, 0.15) is 5.60 Å². The molecule has 0 aromatic rings. The van der Waals surface area contributed by atoms with Crippen molar-refractivity contribution in [3.63, 3.8) is 0 Å². The molecule has 0 bridgehead atoms. The minimum atomic E-state index is -0.872. The van der Waals surface area contributed by atoms with E-state index in [0.717, 1.165) is 0 Å². The Kier molecular flexibility index (Phi) is 4.31. The van der Waals surface area contributed by atoms with Crippen molar-refractivity contribution in [3.05, 3.63) is 0 Å². The van der Waals surface area contributed by atoms with Gasteiger partial charge in [-0.15, -0.1) is 0 Å². The fourth-order valence-corrected chi connectivity index (χ4v) is 1.28. The molecule has 1 fully saturated rings. The highest BCUT2D eigenvalue weighted by Crippen LogP contribution is 2.16. The van der Waals surface area contributed by atoms with Gasteiger partial charge in [-0.05, 0) is 0 Å². The van der Waals surface area contributed by atoms with Crippen LogP contribution in [0.25, 0.3) is 0 Å². The third-order valence-corrected chi connectivity index (χ3v) is 2.23. The van der Waals surface area contributed by atoms with Gasteiger partial charge in [0.2, 0.25) is 5.91 Å². The summed E-state index contributed by atoms with van der Waals surface area (Å²) in [6.45, 7) is 1.53. The summed E-state index contributed by atoms with van der Waals surface area (Å²) in [4.78, 5) is 11.2. The first kappa shape index (κ1) is 11.4. The quantitative estimate of drug-likeness (QED) is 0.619. The summed E-state index contributed by atoms with van der Waals surface area (Å²) >= 11 is 0. The van der Waals surface area contributed by atoms with Crippen LogP contribution in [0.2, 0.25) is 0 Å². The molecule has 1 aliphatic heterocycles. The average molecular weight is 203 g/mol. The molecule has 0 radical (unpaired) electrons. The van der Waals surface area contributed by atoms with Crippen molar-refractivity contribution in [2.45, 2.75) is 18.4 Å². The molecule has 14 heavy (non-hydrogen) atoms. The van der Waals surface area contributed by atoms with Crippen LogP contribution < -0.4 is 5.32 Å². The second-order valence-electron chi connectivity index (χ2n) is 3.55. The monoisotopic (exact) mass is 203 g/mol. The molecule has 1 amide bonds. The van der Waals surface area contributed by atoms with E-state index < -0.39 is 5.60 Å². The zero-order chi connectivity index (χ0) is 10.4. The van der Waals surface area contributed by atoms with Crippen LogP contribution in [-0.2, 0) is 14.3 Å². The number of amides is 1. The average Bonchev–Trinajstić information content (AvgIpc) is 2.60. The highest BCUT2D eigenvalue weighted by atomic mass is 16.5. The van der Waals surface area contributed by atoms with Crippen LogP contribution in [0.5, 0.6) is 0 Å². The highest BCUT2D eigenvalue weighted by Gasteiger charge is 2.32. The molecule has 2 N–H and O–H groups in total. The lowest BCUT2D eigenvalue weighted by atomic mass is 10.0. The van der Waals surface area contributed by atoms with Gasteiger partial charge in [-0.3, -0.25) is 4.79 Å². The third kappa shape index (κ3) is 3.61. The van der Waals surface area contributed by atoms with E-state index in [0.29, 0.717) is 32.7 Å². The van der Waals surface area contributed by atoms with E-state index >= 15 is 0 Å². The predicted octanol–water partition coefficient (Wildman–Crippen LogP) is -0.709. The molecule has 1 heterocycles. The van der Waals surface area contributed by atoms with Gasteiger partial charge >= 0.3 is 0 Å². The van der Waals surface area contributed by atoms with Crippen molar-refractivity contribution in [1.82, 2.24) is 5.32 Å². The summed E-state index contributed by atoms with van der Waals surface area (Å²) in [6.07, 6.45) is 0.908. The number of nitrogens with one attached hydrogen (secondary N) is 1. The largest absolute Gasteiger partial charge is 0.386 e. The smallest absolute Gasteiger partial charge is 0.222 e. The zero-order valence-corrected chi connectivity index (χ0v) is 8.41. The first-order valence-corrected chi connectivity index (χ1v) is 4.72. The van der Waals surface area contributed by atoms with Crippen LogP contribution in [-0.4, -0.2) is 50.1 Å². The number of ether oxygens (including phenoxy) is 2. The van der Waals surface area contributed by atoms with Gasteiger partial charge in [-0.2, -0.15) is 0 Å². The van der Waals surface area contributed by atoms with Crippen molar-refractivity contribution in [3.8, 4) is 0 Å². The molecule has 0 aromatic carbocycles. The standard InChI is InChI=1S/C9H17NO4/c1-13-4-2-8(11)10-6-9(12)3-5-14-7-9/h12H,2-7H2,1H3,(H,10,11). The van der Waals surface area contributed by atoms with E-state index in [2.05, 4.69) is 5.32 Å². The molecule has 1 unspecified atom stereocenters. The van der Waals surface area contributed by atoms with Crippen molar-refractivity contribution in [1.29, 1.82) is 0 Å². The summed E-state index contributed by atoms with van der Waals surface area (Å²) in [7, 11) is 1.55. The summed E-state index contributed by atoms with van der Waals surface area (Å²) in [6, 6.07) is 0. The topological polar surface area (TPSA) is 67.8 Å². The van der Waals surface area contributed by atoms with Gasteiger partial charge in [0.15, 0.2) is 0 Å². The molecule has 0 saturated carbocycles. The molecule has 1 atom stereocenters. The number of methoxy groups -OCH3 is 1. The first-order chi connectivity index (χ1) is 6.66. The van der Waals surface area contributed by atoms with E-state index in [1.54, 1.807) is 7.11 Å². The number of carbonyl (C=O) groups is 1. The van der Waals surface area contributed by atoms with Crippen LogP contribution in [0.3, 0.4) is 0 Å². The summed E-state index contributed by atoms with van der Waals surface area (Å²) in [5.74, 6) is -0.104. The Labute approximate surface area is 83.4 Å². The Morgan fingerprint density at radius 2 is 2.50 bits per heavy atom. The Morgan fingerprint density at radius 1 is 1.71 bits per heavy atom. The lowest BCUT2D eigenvalue weighted by Gasteiger charge is -2.20. The van der Waals surface area contributed by atoms with Gasteiger partial charge in [0, 0.05) is 33.1 Å². The molecule has 82 valence electrons. The molecular weight excluding hydrogens is 186 g/mol. The van der Waals surface area contributed by atoms with E-state index in [1.807, 2.05) is 0 Å². The SMILES string of the molecule is COCCC(=O)NCC1(O)CCOC1. The number of hydrogen-bond donors (Lipinski definition) is 2. The molecule has 0 spiro atoms. The van der Waals surface area contributed by atoms with Crippen LogP contribution in [0.4, 0.5) is 0 Å². The van der Waals surface area contributed by atoms with Crippen molar-refractivity contribution in [2.75, 3.05) is 33.5 Å². The number of rotatable bonds is 5. The molecule has 5 nitrogen and oxygen atoms in total. The number of carbonyl (C=O) groups excluding carboxylic acids is 1. The Hall–Kier alpha value is -0.650. The van der Waals surface area contributed by atoms with Gasteiger partial charge in [-0.1, -0.05) is 0 Å². The first-order valence-electron chi connectivity index (χ1n) is 4.72. The lowest BCUT2D eigenvalue weighted by molar-refractivity contribution is -0.123. The summed E-state index contributed by atoms with van der Waals surface area (Å²) < 4.78 is 9.81. The van der Waals surface area contributed by atoms with Crippen molar-refractivity contribution in [2.24, 2.45) is 0 Å². The van der Waals surface area contributed by atoms with E-state index in [-0.39, 0.29) is 12.5 Å². The van der Waals surface area contributed by atoms with E-state index in [1.165, 1.54) is 0 Å². The number of hydrogen-bond acceptors (Lipinski definition) is 4. The molecule has 1 saturated heterocycles. The lowest BCUT2D eigenvalue weighted by Crippen LogP contribution is -2.43. The van der Waals surface area contributed by atoms with E-state index in [9.17, 15) is 9.90 Å². The molecule has 5 heteroatoms. The number of aliphatic hydroxyl groups is 1. The Balaban J connectivity index is 2.15. The summed E-state index contributed by atoms with van der Waals surface area (Å²) in [5, 5.41) is 12.4. The second kappa shape index (κ2) is 5.29. The van der Waals surface area contributed by atoms with Gasteiger partial charge in [0.25, 0.3) is 0 Å². The molecule has 0 aromatic heterocycles.